The number of piperazine rings is 1. The fraction of sp³-hybridized carbons (Fsp3) is 0.532. The maximum Gasteiger partial charge on any atom is 0.246 e. The van der Waals surface area contributed by atoms with Crippen LogP contribution in [-0.2, 0) is 37.6 Å². The Balaban J connectivity index is 0.660. The van der Waals surface area contributed by atoms with Gasteiger partial charge >= 0.3 is 0 Å². The van der Waals surface area contributed by atoms with Gasteiger partial charge < -0.3 is 35.4 Å². The van der Waals surface area contributed by atoms with E-state index in [1.54, 1.807) is 17.4 Å². The number of likely N-dealkylation sites (tertiary alicyclic amines) is 1. The van der Waals surface area contributed by atoms with E-state index in [2.05, 4.69) is 69.4 Å². The molecule has 3 atom stereocenters. The first-order valence-corrected chi connectivity index (χ1v) is 29.3. The van der Waals surface area contributed by atoms with Gasteiger partial charge in [-0.1, -0.05) is 97.6 Å². The topological polar surface area (TPSA) is 195 Å². The van der Waals surface area contributed by atoms with Gasteiger partial charge in [-0.3, -0.25) is 28.9 Å². The lowest BCUT2D eigenvalue weighted by atomic mass is 9.70. The molecule has 1 aliphatic carbocycles. The van der Waals surface area contributed by atoms with Crippen molar-refractivity contribution in [3.63, 3.8) is 0 Å². The van der Waals surface area contributed by atoms with Crippen LogP contribution in [-0.4, -0.2) is 129 Å². The van der Waals surface area contributed by atoms with E-state index in [0.717, 1.165) is 146 Å². The fourth-order valence-corrected chi connectivity index (χ4v) is 13.2. The van der Waals surface area contributed by atoms with Crippen LogP contribution < -0.4 is 15.5 Å². The highest BCUT2D eigenvalue weighted by molar-refractivity contribution is 7.13. The standard InChI is InChI=1S/C62H79N9O6S/c1-8-42-32-47-48(62(6,7)57-54(55(47)75)46-22-19-41(35-63)31-49(46)66-57)34-50(42)69-25-23-44(24-26-69)68-27-29-70(30-28-68)53(74)16-14-12-10-9-11-13-15-52(73)67-58(61(3,4)5)60(77)71-37-45(72)33-51(71)59(76)64-36-40-17-20-43(21-18-40)56-39(2)65-38-78-56/h17-22,31-32,34,38,44-45,51,58,66,72H,8-16,23-30,33,36-37H2,1-7H3,(H,64,76)(H,67,73)/t45-,51+,58-/m1/s1. The van der Waals surface area contributed by atoms with Crippen molar-refractivity contribution in [2.24, 2.45) is 5.41 Å². The zero-order chi connectivity index (χ0) is 55.5. The summed E-state index contributed by atoms with van der Waals surface area (Å²) in [5, 5.41) is 27.0. The second-order valence-electron chi connectivity index (χ2n) is 23.8. The molecule has 3 aliphatic heterocycles. The largest absolute Gasteiger partial charge is 0.391 e. The molecule has 3 saturated heterocycles. The van der Waals surface area contributed by atoms with Gasteiger partial charge in [0.05, 0.1) is 39.4 Å². The van der Waals surface area contributed by atoms with E-state index in [4.69, 9.17) is 0 Å². The van der Waals surface area contributed by atoms with Crippen LogP contribution in [0.25, 0.3) is 21.3 Å². The van der Waals surface area contributed by atoms with Crippen molar-refractivity contribution in [2.45, 2.75) is 162 Å². The first-order valence-electron chi connectivity index (χ1n) is 28.5. The third-order valence-corrected chi connectivity index (χ3v) is 18.0. The highest BCUT2D eigenvalue weighted by Gasteiger charge is 2.45. The number of carbonyl (C=O) groups excluding carboxylic acids is 5. The molecule has 16 heteroatoms. The number of aliphatic hydroxyl groups excluding tert-OH is 1. The average molecular weight is 1080 g/mol. The number of ketones is 1. The summed E-state index contributed by atoms with van der Waals surface area (Å²) >= 11 is 1.58. The Morgan fingerprint density at radius 3 is 2.27 bits per heavy atom. The number of piperidine rings is 1. The van der Waals surface area contributed by atoms with Gasteiger partial charge in [0, 0.05) is 111 Å². The number of unbranched alkanes of at least 4 members (excludes halogenated alkanes) is 5. The maximum absolute atomic E-state index is 14.2. The average Bonchev–Trinajstić information content (AvgIpc) is 4.32. The predicted octanol–water partition coefficient (Wildman–Crippen LogP) is 8.95. The van der Waals surface area contributed by atoms with E-state index < -0.39 is 29.0 Å². The second-order valence-corrected chi connectivity index (χ2v) is 24.6. The van der Waals surface area contributed by atoms with Gasteiger partial charge in [-0.15, -0.1) is 11.3 Å². The third-order valence-electron chi connectivity index (χ3n) is 17.0. The molecule has 414 valence electrons. The number of aliphatic hydroxyl groups is 1. The Hall–Kier alpha value is -6.41. The van der Waals surface area contributed by atoms with Crippen molar-refractivity contribution in [1.82, 2.24) is 35.3 Å². The highest BCUT2D eigenvalue weighted by atomic mass is 32.1. The number of β-amino-alcohol motifs (C(OH)–C–C–N with tert-alkyl or cyclic N) is 1. The number of hydrogen-bond donors (Lipinski definition) is 4. The number of aromatic nitrogens is 2. The minimum atomic E-state index is -0.864. The molecular formula is C62H79N9O6S. The summed E-state index contributed by atoms with van der Waals surface area (Å²) in [6.45, 7) is 19.7. The highest BCUT2D eigenvalue weighted by Crippen LogP contribution is 2.46. The summed E-state index contributed by atoms with van der Waals surface area (Å²) in [5.74, 6) is -0.634. The number of hydrogen-bond acceptors (Lipinski definition) is 11. The predicted molar refractivity (Wildman–Crippen MR) is 306 cm³/mol. The molecule has 5 heterocycles. The molecule has 4 aliphatic rings. The SMILES string of the molecule is CCc1cc2c(cc1N1CCC(N3CCN(C(=O)CCCCCCCCC(=O)N[C@H](C(=O)N4C[C@H](O)C[C@H]4C(=O)NCc4ccc(-c5scnc5C)cc4)C(C)(C)C)CC3)CC1)C(C)(C)c1[nH]c3cc(C#N)ccc3c1C2=O. The minimum Gasteiger partial charge on any atom is -0.391 e. The Morgan fingerprint density at radius 1 is 0.923 bits per heavy atom. The van der Waals surface area contributed by atoms with E-state index >= 15 is 0 Å². The normalized spacial score (nSPS) is 19.1. The number of fused-ring (bicyclic) bond motifs is 4. The van der Waals surface area contributed by atoms with Crippen molar-refractivity contribution in [2.75, 3.05) is 50.7 Å². The molecule has 0 saturated carbocycles. The number of aromatic amines is 1. The number of aryl methyl sites for hydroxylation is 2. The Kier molecular flexibility index (Phi) is 17.3. The van der Waals surface area contributed by atoms with Crippen LogP contribution in [0.4, 0.5) is 5.69 Å². The van der Waals surface area contributed by atoms with Crippen molar-refractivity contribution in [3.05, 3.63) is 105 Å². The number of nitrogens with zero attached hydrogens (tertiary/aromatic N) is 6. The van der Waals surface area contributed by atoms with Crippen LogP contribution in [0.5, 0.6) is 0 Å². The second kappa shape index (κ2) is 23.9. The number of nitriles is 1. The Labute approximate surface area is 464 Å². The molecule has 4 N–H and O–H groups in total. The van der Waals surface area contributed by atoms with Crippen LogP contribution in [0.1, 0.15) is 162 Å². The Bertz CT molecular complexity index is 3060. The molecule has 0 radical (unpaired) electrons. The van der Waals surface area contributed by atoms with Crippen LogP contribution in [0.3, 0.4) is 0 Å². The first-order chi connectivity index (χ1) is 37.4. The lowest BCUT2D eigenvalue weighted by molar-refractivity contribution is -0.144. The Morgan fingerprint density at radius 2 is 1.62 bits per heavy atom. The van der Waals surface area contributed by atoms with Crippen molar-refractivity contribution < 1.29 is 29.1 Å². The van der Waals surface area contributed by atoms with Gasteiger partial charge in [0.1, 0.15) is 12.1 Å². The molecule has 0 spiro atoms. The van der Waals surface area contributed by atoms with Gasteiger partial charge in [-0.25, -0.2) is 4.98 Å². The van der Waals surface area contributed by atoms with E-state index in [1.807, 2.05) is 74.5 Å². The van der Waals surface area contributed by atoms with Gasteiger partial charge in [0.25, 0.3) is 0 Å². The number of benzene rings is 3. The zero-order valence-corrected chi connectivity index (χ0v) is 47.6. The molecule has 4 amide bonds. The summed E-state index contributed by atoms with van der Waals surface area (Å²) in [6.07, 6.45) is 8.35. The number of anilines is 1. The molecular weight excluding hydrogens is 999 g/mol. The van der Waals surface area contributed by atoms with E-state index in [9.17, 15) is 34.3 Å². The van der Waals surface area contributed by atoms with E-state index in [0.29, 0.717) is 24.4 Å². The van der Waals surface area contributed by atoms with Crippen molar-refractivity contribution >= 4 is 57.3 Å². The first kappa shape index (κ1) is 56.3. The summed E-state index contributed by atoms with van der Waals surface area (Å²) in [4.78, 5) is 85.9. The summed E-state index contributed by atoms with van der Waals surface area (Å²) in [6, 6.07) is 18.9. The molecule has 3 aromatic carbocycles. The molecule has 9 rings (SSSR count). The quantitative estimate of drug-likeness (QED) is 0.0616. The molecule has 78 heavy (non-hydrogen) atoms. The summed E-state index contributed by atoms with van der Waals surface area (Å²) < 4.78 is 0. The molecule has 0 bridgehead atoms. The van der Waals surface area contributed by atoms with Crippen LogP contribution in [0.15, 0.2) is 60.1 Å². The third kappa shape index (κ3) is 12.1. The van der Waals surface area contributed by atoms with Gasteiger partial charge in [0.2, 0.25) is 23.6 Å². The monoisotopic (exact) mass is 1080 g/mol. The van der Waals surface area contributed by atoms with Crippen LogP contribution >= 0.6 is 11.3 Å². The van der Waals surface area contributed by atoms with E-state index in [1.165, 1.54) is 16.2 Å². The fourth-order valence-electron chi connectivity index (χ4n) is 12.4. The molecule has 5 aromatic rings. The number of thiazole rings is 1. The smallest absolute Gasteiger partial charge is 0.246 e. The minimum absolute atomic E-state index is 0.0262. The maximum atomic E-state index is 14.2. The van der Waals surface area contributed by atoms with Crippen molar-refractivity contribution in [3.8, 4) is 16.5 Å². The van der Waals surface area contributed by atoms with Crippen molar-refractivity contribution in [1.29, 1.82) is 5.26 Å². The summed E-state index contributed by atoms with van der Waals surface area (Å²) in [7, 11) is 0. The molecule has 15 nitrogen and oxygen atoms in total. The van der Waals surface area contributed by atoms with Gasteiger partial charge in [-0.05, 0) is 91.0 Å². The molecule has 2 aromatic heterocycles. The number of nitrogens with one attached hydrogen (secondary N) is 3. The zero-order valence-electron chi connectivity index (χ0n) is 46.8. The number of amides is 4. The summed E-state index contributed by atoms with van der Waals surface area (Å²) in [5.41, 5.74) is 11.0. The van der Waals surface area contributed by atoms with Gasteiger partial charge in [-0.2, -0.15) is 5.26 Å². The lowest BCUT2D eigenvalue weighted by Crippen LogP contribution is -2.57. The number of H-pyrrole nitrogens is 1. The van der Waals surface area contributed by atoms with Crippen LogP contribution in [0.2, 0.25) is 0 Å². The number of carbonyl (C=O) groups is 5. The van der Waals surface area contributed by atoms with E-state index in [-0.39, 0.29) is 55.3 Å². The lowest BCUT2D eigenvalue weighted by Gasteiger charge is -2.44. The number of rotatable bonds is 18. The molecule has 0 unspecified atom stereocenters. The van der Waals surface area contributed by atoms with Crippen LogP contribution in [0, 0.1) is 23.7 Å². The molecule has 3 fully saturated rings. The van der Waals surface area contributed by atoms with Gasteiger partial charge in [0.15, 0.2) is 5.78 Å².